The normalized spacial score (nSPS) is 19.0. The highest BCUT2D eigenvalue weighted by Gasteiger charge is 2.22. The molecule has 4 nitrogen and oxygen atoms in total. The minimum Gasteiger partial charge on any atom is -0.381 e. The summed E-state index contributed by atoms with van der Waals surface area (Å²) in [5.74, 6) is 2.78. The first-order valence-corrected chi connectivity index (χ1v) is 8.79. The smallest absolute Gasteiger partial charge is 0.144 e. The number of rotatable bonds is 6. The highest BCUT2D eigenvalue weighted by molar-refractivity contribution is 9.10. The molecular weight excluding hydrogens is 330 g/mol. The van der Waals surface area contributed by atoms with Crippen molar-refractivity contribution >= 4 is 21.7 Å². The Morgan fingerprint density at radius 1 is 1.38 bits per heavy atom. The molecule has 0 spiro atoms. The Bertz CT molecular complexity index is 459. The summed E-state index contributed by atoms with van der Waals surface area (Å²) in [6, 6.07) is 0. The van der Waals surface area contributed by atoms with Gasteiger partial charge >= 0.3 is 0 Å². The van der Waals surface area contributed by atoms with E-state index in [0.717, 1.165) is 67.3 Å². The highest BCUT2D eigenvalue weighted by atomic mass is 79.9. The van der Waals surface area contributed by atoms with Crippen molar-refractivity contribution in [3.8, 4) is 0 Å². The van der Waals surface area contributed by atoms with E-state index in [9.17, 15) is 0 Å². The lowest BCUT2D eigenvalue weighted by Crippen LogP contribution is -2.20. The first-order valence-electron chi connectivity index (χ1n) is 7.99. The Morgan fingerprint density at radius 2 is 2.19 bits per heavy atom. The number of halogens is 1. The second-order valence-corrected chi connectivity index (χ2v) is 6.92. The molecule has 1 aliphatic heterocycles. The van der Waals surface area contributed by atoms with Crippen molar-refractivity contribution in [1.29, 1.82) is 0 Å². The minimum atomic E-state index is 0.333. The van der Waals surface area contributed by atoms with Gasteiger partial charge in [0, 0.05) is 19.1 Å². The summed E-state index contributed by atoms with van der Waals surface area (Å²) in [6.07, 6.45) is 4.26. The van der Waals surface area contributed by atoms with Crippen molar-refractivity contribution in [2.75, 3.05) is 25.1 Å². The molecule has 5 heteroatoms. The second-order valence-electron chi connectivity index (χ2n) is 6.13. The van der Waals surface area contributed by atoms with Gasteiger partial charge < -0.3 is 10.1 Å². The molecule has 118 valence electrons. The van der Waals surface area contributed by atoms with Gasteiger partial charge in [0.05, 0.1) is 16.8 Å². The van der Waals surface area contributed by atoms with Crippen LogP contribution in [0.4, 0.5) is 5.82 Å². The molecule has 1 fully saturated rings. The highest BCUT2D eigenvalue weighted by Crippen LogP contribution is 2.30. The predicted molar refractivity (Wildman–Crippen MR) is 89.8 cm³/mol. The molecule has 0 aromatic carbocycles. The molecule has 0 amide bonds. The molecule has 2 rings (SSSR count). The predicted octanol–water partition coefficient (Wildman–Crippen LogP) is 4.15. The summed E-state index contributed by atoms with van der Waals surface area (Å²) in [7, 11) is 0. The van der Waals surface area contributed by atoms with Gasteiger partial charge in [0.2, 0.25) is 0 Å². The van der Waals surface area contributed by atoms with Crippen LogP contribution in [0.2, 0.25) is 0 Å². The zero-order valence-corrected chi connectivity index (χ0v) is 14.9. The number of anilines is 1. The van der Waals surface area contributed by atoms with E-state index in [1.165, 1.54) is 0 Å². The van der Waals surface area contributed by atoms with Crippen LogP contribution in [-0.4, -0.2) is 29.7 Å². The number of ether oxygens (including phenoxy) is 1. The van der Waals surface area contributed by atoms with Crippen LogP contribution in [0.1, 0.15) is 57.5 Å². The van der Waals surface area contributed by atoms with Crippen LogP contribution in [0.5, 0.6) is 0 Å². The topological polar surface area (TPSA) is 47.0 Å². The number of nitrogens with zero attached hydrogens (tertiary/aromatic N) is 2. The maximum absolute atomic E-state index is 5.60. The lowest BCUT2D eigenvalue weighted by Gasteiger charge is -2.23. The lowest BCUT2D eigenvalue weighted by molar-refractivity contribution is 0.0780. The minimum absolute atomic E-state index is 0.333. The summed E-state index contributed by atoms with van der Waals surface area (Å²) < 4.78 is 6.62. The largest absolute Gasteiger partial charge is 0.381 e. The molecule has 2 heterocycles. The molecule has 0 bridgehead atoms. The molecule has 0 radical (unpaired) electrons. The van der Waals surface area contributed by atoms with Crippen molar-refractivity contribution < 1.29 is 4.74 Å². The number of nitrogens with one attached hydrogen (secondary N) is 1. The zero-order chi connectivity index (χ0) is 15.2. The first kappa shape index (κ1) is 16.7. The molecule has 21 heavy (non-hydrogen) atoms. The summed E-state index contributed by atoms with van der Waals surface area (Å²) in [6.45, 7) is 9.14. The molecule has 1 saturated heterocycles. The number of hydrogen-bond acceptors (Lipinski definition) is 4. The van der Waals surface area contributed by atoms with Gasteiger partial charge in [0.15, 0.2) is 0 Å². The van der Waals surface area contributed by atoms with Gasteiger partial charge in [-0.2, -0.15) is 0 Å². The van der Waals surface area contributed by atoms with Crippen molar-refractivity contribution in [2.24, 2.45) is 5.92 Å². The van der Waals surface area contributed by atoms with Crippen LogP contribution in [0.15, 0.2) is 4.47 Å². The standard InChI is InChI=1S/C16H26BrN3O/c1-4-7-18-16-14(17)13(9-11(2)3)19-15(20-16)12-6-5-8-21-10-12/h11-12H,4-10H2,1-3H3,(H,18,19,20). The molecule has 1 atom stereocenters. The van der Waals surface area contributed by atoms with Crippen LogP contribution in [0.25, 0.3) is 0 Å². The third kappa shape index (κ3) is 4.65. The van der Waals surface area contributed by atoms with Crippen molar-refractivity contribution in [1.82, 2.24) is 9.97 Å². The van der Waals surface area contributed by atoms with Gasteiger partial charge in [-0.05, 0) is 47.5 Å². The third-order valence-electron chi connectivity index (χ3n) is 3.61. The number of hydrogen-bond donors (Lipinski definition) is 1. The van der Waals surface area contributed by atoms with E-state index in [0.29, 0.717) is 11.8 Å². The quantitative estimate of drug-likeness (QED) is 0.832. The fourth-order valence-electron chi connectivity index (χ4n) is 2.52. The summed E-state index contributed by atoms with van der Waals surface area (Å²) >= 11 is 3.68. The average Bonchev–Trinajstić information content (AvgIpc) is 2.48. The summed E-state index contributed by atoms with van der Waals surface area (Å²) in [4.78, 5) is 9.58. The molecule has 1 aliphatic rings. The van der Waals surface area contributed by atoms with Crippen molar-refractivity contribution in [3.05, 3.63) is 16.0 Å². The maximum atomic E-state index is 5.60. The van der Waals surface area contributed by atoms with E-state index in [2.05, 4.69) is 42.0 Å². The zero-order valence-electron chi connectivity index (χ0n) is 13.3. The Kier molecular flexibility index (Phi) is 6.42. The van der Waals surface area contributed by atoms with Gasteiger partial charge in [-0.25, -0.2) is 9.97 Å². The average molecular weight is 356 g/mol. The van der Waals surface area contributed by atoms with E-state index >= 15 is 0 Å². The Morgan fingerprint density at radius 3 is 2.81 bits per heavy atom. The van der Waals surface area contributed by atoms with Crippen LogP contribution in [-0.2, 0) is 11.2 Å². The second kappa shape index (κ2) is 8.08. The van der Waals surface area contributed by atoms with E-state index in [-0.39, 0.29) is 0 Å². The third-order valence-corrected chi connectivity index (χ3v) is 4.44. The van der Waals surface area contributed by atoms with Crippen LogP contribution >= 0.6 is 15.9 Å². The van der Waals surface area contributed by atoms with Crippen molar-refractivity contribution in [3.63, 3.8) is 0 Å². The van der Waals surface area contributed by atoms with Crippen LogP contribution in [0, 0.1) is 5.92 Å². The molecule has 1 aromatic heterocycles. The fourth-order valence-corrected chi connectivity index (χ4v) is 3.00. The van der Waals surface area contributed by atoms with Gasteiger partial charge in [-0.15, -0.1) is 0 Å². The van der Waals surface area contributed by atoms with E-state index < -0.39 is 0 Å². The Labute approximate surface area is 136 Å². The fraction of sp³-hybridized carbons (Fsp3) is 0.750. The SMILES string of the molecule is CCCNc1nc(C2CCCOC2)nc(CC(C)C)c1Br. The van der Waals surface area contributed by atoms with E-state index in [1.54, 1.807) is 0 Å². The molecular formula is C16H26BrN3O. The molecule has 1 unspecified atom stereocenters. The van der Waals surface area contributed by atoms with Crippen LogP contribution in [0.3, 0.4) is 0 Å². The molecule has 0 saturated carbocycles. The Hall–Kier alpha value is -0.680. The van der Waals surface area contributed by atoms with Gasteiger partial charge in [-0.3, -0.25) is 0 Å². The lowest BCUT2D eigenvalue weighted by atomic mass is 10.0. The van der Waals surface area contributed by atoms with Gasteiger partial charge in [-0.1, -0.05) is 20.8 Å². The summed E-state index contributed by atoms with van der Waals surface area (Å²) in [5.41, 5.74) is 1.11. The molecule has 1 N–H and O–H groups in total. The van der Waals surface area contributed by atoms with Crippen molar-refractivity contribution in [2.45, 2.75) is 52.4 Å². The first-order chi connectivity index (χ1) is 10.1. The van der Waals surface area contributed by atoms with E-state index in [4.69, 9.17) is 14.7 Å². The molecule has 0 aliphatic carbocycles. The maximum Gasteiger partial charge on any atom is 0.144 e. The Balaban J connectivity index is 2.29. The monoisotopic (exact) mass is 355 g/mol. The van der Waals surface area contributed by atoms with E-state index in [1.807, 2.05) is 0 Å². The van der Waals surface area contributed by atoms with Gasteiger partial charge in [0.25, 0.3) is 0 Å². The van der Waals surface area contributed by atoms with Gasteiger partial charge in [0.1, 0.15) is 11.6 Å². The van der Waals surface area contributed by atoms with Crippen LogP contribution < -0.4 is 5.32 Å². The number of aromatic nitrogens is 2. The summed E-state index contributed by atoms with van der Waals surface area (Å²) in [5, 5.41) is 3.42. The molecule has 1 aromatic rings.